The fourth-order valence-corrected chi connectivity index (χ4v) is 3.82. The molecule has 1 heterocycles. The number of benzene rings is 2. The van der Waals surface area contributed by atoms with Crippen LogP contribution in [-0.2, 0) is 16.1 Å². The van der Waals surface area contributed by atoms with E-state index in [0.29, 0.717) is 37.3 Å². The third-order valence-electron chi connectivity index (χ3n) is 5.78. The van der Waals surface area contributed by atoms with E-state index in [9.17, 15) is 14.4 Å². The van der Waals surface area contributed by atoms with E-state index in [1.165, 1.54) is 0 Å². The Balaban J connectivity index is 1.53. The summed E-state index contributed by atoms with van der Waals surface area (Å²) in [6.45, 7) is 4.91. The Morgan fingerprint density at radius 1 is 0.919 bits per heavy atom. The number of carbonyl (C=O) groups is 3. The molecule has 0 aliphatic carbocycles. The zero-order valence-electron chi connectivity index (χ0n) is 21.1. The fourth-order valence-electron chi connectivity index (χ4n) is 3.82. The minimum atomic E-state index is -1.58. The normalized spacial score (nSPS) is 10.7. The largest absolute Gasteiger partial charge is 0.513 e. The molecule has 3 aromatic rings. The van der Waals surface area contributed by atoms with Crippen LogP contribution in [0, 0.1) is 0 Å². The molecule has 1 aromatic heterocycles. The van der Waals surface area contributed by atoms with Crippen LogP contribution >= 0.6 is 0 Å². The molecule has 0 radical (unpaired) electrons. The highest BCUT2D eigenvalue weighted by molar-refractivity contribution is 5.95. The summed E-state index contributed by atoms with van der Waals surface area (Å²) in [6.07, 6.45) is 3.94. The van der Waals surface area contributed by atoms with Gasteiger partial charge in [0.15, 0.2) is 0 Å². The number of carbonyl (C=O) groups excluding carboxylic acids is 2. The molecular weight excluding hydrogens is 472 g/mol. The lowest BCUT2D eigenvalue weighted by molar-refractivity contribution is -0.139. The Labute approximate surface area is 216 Å². The summed E-state index contributed by atoms with van der Waals surface area (Å²) in [7, 11) is 0. The first-order valence-electron chi connectivity index (χ1n) is 12.3. The van der Waals surface area contributed by atoms with Crippen molar-refractivity contribution in [2.24, 2.45) is 0 Å². The van der Waals surface area contributed by atoms with Gasteiger partial charge >= 0.3 is 12.1 Å². The zero-order valence-corrected chi connectivity index (χ0v) is 21.1. The van der Waals surface area contributed by atoms with Crippen LogP contribution < -0.4 is 4.74 Å². The highest BCUT2D eigenvalue weighted by Gasteiger charge is 2.19. The number of esters is 1. The van der Waals surface area contributed by atoms with Crippen LogP contribution in [-0.4, -0.2) is 45.7 Å². The van der Waals surface area contributed by atoms with Crippen molar-refractivity contribution in [1.82, 2.24) is 9.88 Å². The van der Waals surface area contributed by atoms with Gasteiger partial charge in [-0.1, -0.05) is 24.3 Å². The summed E-state index contributed by atoms with van der Waals surface area (Å²) in [5.41, 5.74) is 3.67. The van der Waals surface area contributed by atoms with E-state index >= 15 is 0 Å². The minimum absolute atomic E-state index is 0.00441. The summed E-state index contributed by atoms with van der Waals surface area (Å²) in [5, 5.41) is 8.41. The number of hydrogen-bond acceptors (Lipinski definition) is 6. The van der Waals surface area contributed by atoms with Crippen LogP contribution in [0.15, 0.2) is 73.1 Å². The molecule has 1 amide bonds. The van der Waals surface area contributed by atoms with Gasteiger partial charge in [-0.25, -0.2) is 4.79 Å². The van der Waals surface area contributed by atoms with Gasteiger partial charge in [-0.2, -0.15) is 0 Å². The smallest absolute Gasteiger partial charge is 0.494 e. The van der Waals surface area contributed by atoms with Crippen molar-refractivity contribution in [2.45, 2.75) is 52.1 Å². The summed E-state index contributed by atoms with van der Waals surface area (Å²) < 4.78 is 9.92. The topological polar surface area (TPSA) is 106 Å². The van der Waals surface area contributed by atoms with Crippen LogP contribution in [0.25, 0.3) is 11.1 Å². The maximum absolute atomic E-state index is 13.3. The van der Waals surface area contributed by atoms with Crippen LogP contribution in [0.1, 0.15) is 55.5 Å². The second-order valence-electron chi connectivity index (χ2n) is 8.89. The average Bonchev–Trinajstić information content (AvgIpc) is 2.89. The van der Waals surface area contributed by atoms with Crippen LogP contribution in [0.5, 0.6) is 5.75 Å². The van der Waals surface area contributed by atoms with Crippen molar-refractivity contribution >= 4 is 18.0 Å². The van der Waals surface area contributed by atoms with Gasteiger partial charge < -0.3 is 19.5 Å². The Kier molecular flexibility index (Phi) is 10.2. The lowest BCUT2D eigenvalue weighted by Crippen LogP contribution is -2.36. The number of carboxylic acid groups (broad SMARTS) is 1. The average molecular weight is 505 g/mol. The quantitative estimate of drug-likeness (QED) is 0.184. The van der Waals surface area contributed by atoms with Gasteiger partial charge in [-0.3, -0.25) is 14.6 Å². The summed E-state index contributed by atoms with van der Waals surface area (Å²) in [6, 6.07) is 19.2. The number of amides is 1. The second kappa shape index (κ2) is 13.8. The van der Waals surface area contributed by atoms with Crippen molar-refractivity contribution < 1.29 is 29.0 Å². The van der Waals surface area contributed by atoms with E-state index < -0.39 is 12.1 Å². The maximum atomic E-state index is 13.3. The fraction of sp³-hybridized carbons (Fsp3) is 0.310. The zero-order chi connectivity index (χ0) is 26.6. The van der Waals surface area contributed by atoms with E-state index in [4.69, 9.17) is 9.84 Å². The molecule has 8 heteroatoms. The predicted octanol–water partition coefficient (Wildman–Crippen LogP) is 5.96. The second-order valence-corrected chi connectivity index (χ2v) is 8.89. The van der Waals surface area contributed by atoms with E-state index in [1.807, 2.05) is 79.4 Å². The van der Waals surface area contributed by atoms with Crippen molar-refractivity contribution in [2.75, 3.05) is 6.61 Å². The molecule has 0 saturated carbocycles. The predicted molar refractivity (Wildman–Crippen MR) is 139 cm³/mol. The van der Waals surface area contributed by atoms with E-state index in [0.717, 1.165) is 23.1 Å². The molecule has 0 atom stereocenters. The van der Waals surface area contributed by atoms with Gasteiger partial charge in [0.05, 0.1) is 6.61 Å². The Bertz CT molecular complexity index is 1180. The van der Waals surface area contributed by atoms with Gasteiger partial charge in [0.1, 0.15) is 5.75 Å². The molecule has 194 valence electrons. The Morgan fingerprint density at radius 3 is 2.30 bits per heavy atom. The number of rotatable bonds is 12. The van der Waals surface area contributed by atoms with Crippen LogP contribution in [0.3, 0.4) is 0 Å². The SMILES string of the molecule is CC(C)N(Cc1cccc(OCCCCCC(=O)OC(=O)O)c1)C(=O)c1ccc(-c2ccncc2)cc1. The molecule has 3 rings (SSSR count). The van der Waals surface area contributed by atoms with Gasteiger partial charge in [0.25, 0.3) is 5.91 Å². The van der Waals surface area contributed by atoms with E-state index in [-0.39, 0.29) is 18.4 Å². The number of unbranched alkanes of at least 4 members (excludes halogenated alkanes) is 2. The standard InChI is InChI=1S/C29H32N2O6/c1-21(2)31(28(33)25-12-10-23(11-13-25)24-14-16-30-17-15-24)20-22-7-6-8-26(19-22)36-18-5-3-4-9-27(32)37-29(34)35/h6-8,10-17,19,21H,3-5,9,18,20H2,1-2H3,(H,34,35). The van der Waals surface area contributed by atoms with Crippen molar-refractivity contribution in [3.8, 4) is 16.9 Å². The molecule has 0 spiro atoms. The molecule has 1 N–H and O–H groups in total. The molecule has 2 aromatic carbocycles. The minimum Gasteiger partial charge on any atom is -0.494 e. The number of hydrogen-bond donors (Lipinski definition) is 1. The summed E-state index contributed by atoms with van der Waals surface area (Å²) in [4.78, 5) is 40.7. The van der Waals surface area contributed by atoms with Crippen molar-refractivity contribution in [1.29, 1.82) is 0 Å². The lowest BCUT2D eigenvalue weighted by atomic mass is 10.0. The molecule has 0 fully saturated rings. The van der Waals surface area contributed by atoms with Crippen molar-refractivity contribution in [3.63, 3.8) is 0 Å². The van der Waals surface area contributed by atoms with E-state index in [1.54, 1.807) is 12.4 Å². The van der Waals surface area contributed by atoms with Gasteiger partial charge in [0, 0.05) is 37.0 Å². The maximum Gasteiger partial charge on any atom is 0.513 e. The molecule has 8 nitrogen and oxygen atoms in total. The lowest BCUT2D eigenvalue weighted by Gasteiger charge is -2.27. The number of nitrogens with zero attached hydrogens (tertiary/aromatic N) is 2. The Morgan fingerprint density at radius 2 is 1.62 bits per heavy atom. The van der Waals surface area contributed by atoms with Gasteiger partial charge in [-0.15, -0.1) is 0 Å². The number of ether oxygens (including phenoxy) is 2. The highest BCUT2D eigenvalue weighted by Crippen LogP contribution is 2.22. The first-order chi connectivity index (χ1) is 17.8. The van der Waals surface area contributed by atoms with E-state index in [2.05, 4.69) is 9.72 Å². The molecule has 0 aliphatic heterocycles. The Hall–Kier alpha value is -4.20. The molecule has 0 saturated heterocycles. The monoisotopic (exact) mass is 504 g/mol. The summed E-state index contributed by atoms with van der Waals surface area (Å²) in [5.74, 6) is -0.0697. The van der Waals surface area contributed by atoms with Crippen molar-refractivity contribution in [3.05, 3.63) is 84.2 Å². The number of pyridine rings is 1. The van der Waals surface area contributed by atoms with Crippen LogP contribution in [0.4, 0.5) is 4.79 Å². The third kappa shape index (κ3) is 8.75. The summed E-state index contributed by atoms with van der Waals surface area (Å²) >= 11 is 0. The molecular formula is C29H32N2O6. The van der Waals surface area contributed by atoms with Gasteiger partial charge in [0.2, 0.25) is 0 Å². The third-order valence-corrected chi connectivity index (χ3v) is 5.78. The molecule has 0 bridgehead atoms. The molecule has 0 aliphatic rings. The highest BCUT2D eigenvalue weighted by atomic mass is 16.7. The van der Waals surface area contributed by atoms with Crippen LogP contribution in [0.2, 0.25) is 0 Å². The number of aromatic nitrogens is 1. The van der Waals surface area contributed by atoms with Gasteiger partial charge in [-0.05, 0) is 86.2 Å². The first-order valence-corrected chi connectivity index (χ1v) is 12.3. The molecule has 0 unspecified atom stereocenters. The first kappa shape index (κ1) is 27.4. The molecule has 37 heavy (non-hydrogen) atoms.